The number of nitrogens with two attached hydrogens (primary N) is 1. The van der Waals surface area contributed by atoms with Crippen LogP contribution in [0.5, 0.6) is 0 Å². The van der Waals surface area contributed by atoms with Gasteiger partial charge in [-0.05, 0) is 18.1 Å². The second-order valence-electron chi connectivity index (χ2n) is 3.68. The highest BCUT2D eigenvalue weighted by molar-refractivity contribution is 7.89. The van der Waals surface area contributed by atoms with Crippen LogP contribution in [0.2, 0.25) is 0 Å². The van der Waals surface area contributed by atoms with Gasteiger partial charge in [-0.1, -0.05) is 13.8 Å². The lowest BCUT2D eigenvalue weighted by atomic mass is 10.2. The summed E-state index contributed by atoms with van der Waals surface area (Å²) in [6, 6.07) is 2.90. The van der Waals surface area contributed by atoms with Crippen molar-refractivity contribution >= 4 is 15.7 Å². The zero-order chi connectivity index (χ0) is 11.5. The van der Waals surface area contributed by atoms with Crippen LogP contribution in [0.4, 0.5) is 5.69 Å². The van der Waals surface area contributed by atoms with E-state index in [0.29, 0.717) is 12.2 Å². The maximum atomic E-state index is 11.6. The maximum Gasteiger partial charge on any atom is 0.258 e. The molecule has 0 aliphatic carbocycles. The SMILES string of the molecule is CC(C)CNS(=O)(=O)c1ccc(N)cn1. The molecule has 0 saturated carbocycles. The Morgan fingerprint density at radius 2 is 2.13 bits per heavy atom. The molecule has 0 fully saturated rings. The Hall–Kier alpha value is -1.14. The van der Waals surface area contributed by atoms with E-state index in [4.69, 9.17) is 5.73 Å². The van der Waals surface area contributed by atoms with Crippen LogP contribution in [0.3, 0.4) is 0 Å². The van der Waals surface area contributed by atoms with Gasteiger partial charge in [-0.2, -0.15) is 0 Å². The smallest absolute Gasteiger partial charge is 0.258 e. The number of rotatable bonds is 4. The van der Waals surface area contributed by atoms with Crippen molar-refractivity contribution in [2.75, 3.05) is 12.3 Å². The lowest BCUT2D eigenvalue weighted by molar-refractivity contribution is 0.557. The molecule has 1 aromatic rings. The fourth-order valence-corrected chi connectivity index (χ4v) is 2.04. The highest BCUT2D eigenvalue weighted by Crippen LogP contribution is 2.07. The van der Waals surface area contributed by atoms with Crippen LogP contribution in [0.15, 0.2) is 23.4 Å². The van der Waals surface area contributed by atoms with Crippen molar-refractivity contribution in [3.8, 4) is 0 Å². The summed E-state index contributed by atoms with van der Waals surface area (Å²) >= 11 is 0. The van der Waals surface area contributed by atoms with Crippen LogP contribution in [0.25, 0.3) is 0 Å². The molecule has 0 amide bonds. The number of sulfonamides is 1. The van der Waals surface area contributed by atoms with Gasteiger partial charge in [0.05, 0.1) is 11.9 Å². The van der Waals surface area contributed by atoms with Crippen LogP contribution in [0.1, 0.15) is 13.8 Å². The summed E-state index contributed by atoms with van der Waals surface area (Å²) in [5.74, 6) is 0.258. The Bertz CT molecular complexity index is 411. The topological polar surface area (TPSA) is 85.1 Å². The number of anilines is 1. The molecule has 3 N–H and O–H groups in total. The van der Waals surface area contributed by atoms with Gasteiger partial charge in [0.15, 0.2) is 5.03 Å². The highest BCUT2D eigenvalue weighted by Gasteiger charge is 2.14. The third kappa shape index (κ3) is 3.49. The number of hydrogen-bond acceptors (Lipinski definition) is 4. The van der Waals surface area contributed by atoms with Crippen molar-refractivity contribution in [3.05, 3.63) is 18.3 Å². The maximum absolute atomic E-state index is 11.6. The first-order chi connectivity index (χ1) is 6.92. The Labute approximate surface area is 89.8 Å². The minimum Gasteiger partial charge on any atom is -0.397 e. The van der Waals surface area contributed by atoms with Gasteiger partial charge in [0.2, 0.25) is 0 Å². The first-order valence-electron chi connectivity index (χ1n) is 4.63. The number of hydrogen-bond donors (Lipinski definition) is 2. The monoisotopic (exact) mass is 229 g/mol. The minimum absolute atomic E-state index is 0.00245. The normalized spacial score (nSPS) is 11.9. The number of nitrogens with zero attached hydrogens (tertiary/aromatic N) is 1. The van der Waals surface area contributed by atoms with E-state index in [-0.39, 0.29) is 10.9 Å². The van der Waals surface area contributed by atoms with Crippen molar-refractivity contribution in [3.63, 3.8) is 0 Å². The zero-order valence-corrected chi connectivity index (χ0v) is 9.58. The molecule has 0 radical (unpaired) electrons. The number of nitrogens with one attached hydrogen (secondary N) is 1. The van der Waals surface area contributed by atoms with Gasteiger partial charge in [0.1, 0.15) is 0 Å². The van der Waals surface area contributed by atoms with Gasteiger partial charge in [0, 0.05) is 6.54 Å². The Morgan fingerprint density at radius 3 is 2.60 bits per heavy atom. The van der Waals surface area contributed by atoms with E-state index in [9.17, 15) is 8.42 Å². The summed E-state index contributed by atoms with van der Waals surface area (Å²) in [6.45, 7) is 4.26. The molecule has 0 aliphatic heterocycles. The van der Waals surface area contributed by atoms with Crippen molar-refractivity contribution < 1.29 is 8.42 Å². The largest absolute Gasteiger partial charge is 0.397 e. The van der Waals surface area contributed by atoms with E-state index in [1.807, 2.05) is 13.8 Å². The summed E-state index contributed by atoms with van der Waals surface area (Å²) in [4.78, 5) is 3.75. The Morgan fingerprint density at radius 1 is 1.47 bits per heavy atom. The van der Waals surface area contributed by atoms with Crippen molar-refractivity contribution in [1.82, 2.24) is 9.71 Å². The molecule has 0 bridgehead atoms. The Kier molecular flexibility index (Phi) is 3.65. The minimum atomic E-state index is -3.49. The lowest BCUT2D eigenvalue weighted by Crippen LogP contribution is -2.28. The van der Waals surface area contributed by atoms with E-state index < -0.39 is 10.0 Å². The summed E-state index contributed by atoms with van der Waals surface area (Å²) < 4.78 is 25.7. The summed E-state index contributed by atoms with van der Waals surface area (Å²) in [5.41, 5.74) is 5.86. The average Bonchev–Trinajstić information content (AvgIpc) is 2.16. The predicted octanol–water partition coefficient (Wildman–Crippen LogP) is 0.598. The van der Waals surface area contributed by atoms with Crippen molar-refractivity contribution in [2.24, 2.45) is 5.92 Å². The first-order valence-corrected chi connectivity index (χ1v) is 6.11. The van der Waals surface area contributed by atoms with Gasteiger partial charge >= 0.3 is 0 Å². The van der Waals surface area contributed by atoms with Gasteiger partial charge in [-0.15, -0.1) is 0 Å². The summed E-state index contributed by atoms with van der Waals surface area (Å²) in [6.07, 6.45) is 1.32. The standard InChI is InChI=1S/C9H15N3O2S/c1-7(2)5-12-15(13,14)9-4-3-8(10)6-11-9/h3-4,6-7,12H,5,10H2,1-2H3. The van der Waals surface area contributed by atoms with Gasteiger partial charge < -0.3 is 5.73 Å². The van der Waals surface area contributed by atoms with Crippen LogP contribution in [0, 0.1) is 5.92 Å². The van der Waals surface area contributed by atoms with E-state index >= 15 is 0 Å². The molecular weight excluding hydrogens is 214 g/mol. The molecule has 6 heteroatoms. The average molecular weight is 229 g/mol. The highest BCUT2D eigenvalue weighted by atomic mass is 32.2. The quantitative estimate of drug-likeness (QED) is 0.791. The molecule has 15 heavy (non-hydrogen) atoms. The van der Waals surface area contributed by atoms with Gasteiger partial charge in [-0.25, -0.2) is 18.1 Å². The number of nitrogen functional groups attached to an aromatic ring is 1. The van der Waals surface area contributed by atoms with E-state index in [1.54, 1.807) is 0 Å². The predicted molar refractivity (Wildman–Crippen MR) is 58.7 cm³/mol. The van der Waals surface area contributed by atoms with Gasteiger partial charge in [-0.3, -0.25) is 0 Å². The molecule has 1 rings (SSSR count). The molecular formula is C9H15N3O2S. The van der Waals surface area contributed by atoms with Crippen LogP contribution >= 0.6 is 0 Å². The third-order valence-corrected chi connectivity index (χ3v) is 3.06. The first kappa shape index (κ1) is 11.9. The van der Waals surface area contributed by atoms with Crippen LogP contribution in [-0.4, -0.2) is 19.9 Å². The Balaban J connectivity index is 2.82. The molecule has 5 nitrogen and oxygen atoms in total. The fraction of sp³-hybridized carbons (Fsp3) is 0.444. The third-order valence-electron chi connectivity index (χ3n) is 1.72. The molecule has 0 aliphatic rings. The molecule has 84 valence electrons. The van der Waals surface area contributed by atoms with E-state index in [1.165, 1.54) is 18.3 Å². The summed E-state index contributed by atoms with van der Waals surface area (Å²) in [5, 5.41) is -0.00245. The molecule has 0 aromatic carbocycles. The fourth-order valence-electron chi connectivity index (χ4n) is 0.901. The van der Waals surface area contributed by atoms with Gasteiger partial charge in [0.25, 0.3) is 10.0 Å². The molecule has 0 atom stereocenters. The molecule has 1 aromatic heterocycles. The molecule has 1 heterocycles. The van der Waals surface area contributed by atoms with E-state index in [2.05, 4.69) is 9.71 Å². The number of pyridine rings is 1. The molecule has 0 unspecified atom stereocenters. The second kappa shape index (κ2) is 4.59. The van der Waals surface area contributed by atoms with Crippen LogP contribution in [-0.2, 0) is 10.0 Å². The second-order valence-corrected chi connectivity index (χ2v) is 5.39. The van der Waals surface area contributed by atoms with E-state index in [0.717, 1.165) is 0 Å². The van der Waals surface area contributed by atoms with Crippen molar-refractivity contribution in [1.29, 1.82) is 0 Å². The lowest BCUT2D eigenvalue weighted by Gasteiger charge is -2.07. The molecule has 0 spiro atoms. The number of aromatic nitrogens is 1. The summed E-state index contributed by atoms with van der Waals surface area (Å²) in [7, 11) is -3.49. The molecule has 0 saturated heterocycles. The zero-order valence-electron chi connectivity index (χ0n) is 8.77. The van der Waals surface area contributed by atoms with Crippen LogP contribution < -0.4 is 10.5 Å². The van der Waals surface area contributed by atoms with Crippen molar-refractivity contribution in [2.45, 2.75) is 18.9 Å².